The van der Waals surface area contributed by atoms with Gasteiger partial charge in [-0.05, 0) is 58.2 Å². The van der Waals surface area contributed by atoms with Gasteiger partial charge >= 0.3 is 0 Å². The molecule has 2 aromatic carbocycles. The second kappa shape index (κ2) is 14.9. The highest BCUT2D eigenvalue weighted by molar-refractivity contribution is 5.94. The third-order valence-corrected chi connectivity index (χ3v) is 6.25. The van der Waals surface area contributed by atoms with Crippen molar-refractivity contribution in [1.29, 1.82) is 0 Å². The highest BCUT2D eigenvalue weighted by atomic mass is 16.2. The third-order valence-electron chi connectivity index (χ3n) is 6.25. The lowest BCUT2D eigenvalue weighted by Crippen LogP contribution is -2.31. The number of unbranched alkanes of at least 4 members (excludes halogenated alkanes) is 9. The molecule has 0 spiro atoms. The normalized spacial score (nSPS) is 11.1. The number of hydrogen-bond acceptors (Lipinski definition) is 2. The predicted molar refractivity (Wildman–Crippen MR) is 140 cm³/mol. The van der Waals surface area contributed by atoms with Crippen LogP contribution in [0.15, 0.2) is 36.4 Å². The highest BCUT2D eigenvalue weighted by Gasteiger charge is 2.17. The van der Waals surface area contributed by atoms with Crippen molar-refractivity contribution in [3.8, 4) is 0 Å². The molecule has 1 amide bonds. The van der Waals surface area contributed by atoms with E-state index >= 15 is 0 Å². The first-order valence-electron chi connectivity index (χ1n) is 12.9. The Hall–Kier alpha value is -2.13. The predicted octanol–water partition coefficient (Wildman–Crippen LogP) is 7.46. The van der Waals surface area contributed by atoms with Crippen LogP contribution in [-0.4, -0.2) is 29.1 Å². The van der Waals surface area contributed by atoms with Crippen molar-refractivity contribution in [3.05, 3.63) is 69.8 Å². The Morgan fingerprint density at radius 3 is 1.55 bits per heavy atom. The van der Waals surface area contributed by atoms with E-state index in [1.54, 1.807) is 0 Å². The number of amides is 1. The van der Waals surface area contributed by atoms with Gasteiger partial charge in [-0.1, -0.05) is 97.9 Å². The quantitative estimate of drug-likeness (QED) is 0.286. The van der Waals surface area contributed by atoms with Crippen LogP contribution >= 0.6 is 0 Å². The smallest absolute Gasteiger partial charge is 0.254 e. The topological polar surface area (TPSA) is 40.5 Å². The summed E-state index contributed by atoms with van der Waals surface area (Å²) in [6, 6.07) is 12.8. The maximum absolute atomic E-state index is 13.4. The number of aliphatic hydroxyl groups excluding tert-OH is 1. The molecule has 0 aliphatic carbocycles. The van der Waals surface area contributed by atoms with Gasteiger partial charge in [0.05, 0.1) is 0 Å². The largest absolute Gasteiger partial charge is 0.396 e. The molecule has 0 heterocycles. The molecule has 0 saturated heterocycles. The van der Waals surface area contributed by atoms with E-state index in [0.29, 0.717) is 13.2 Å². The summed E-state index contributed by atoms with van der Waals surface area (Å²) in [5.74, 6) is 0.142. The van der Waals surface area contributed by atoms with E-state index in [9.17, 15) is 4.79 Å². The third kappa shape index (κ3) is 10.6. The number of nitrogens with zero attached hydrogens (tertiary/aromatic N) is 1. The van der Waals surface area contributed by atoms with Crippen molar-refractivity contribution in [3.63, 3.8) is 0 Å². The van der Waals surface area contributed by atoms with Gasteiger partial charge in [-0.15, -0.1) is 0 Å². The van der Waals surface area contributed by atoms with Crippen LogP contribution in [-0.2, 0) is 6.54 Å². The maximum Gasteiger partial charge on any atom is 0.254 e. The lowest BCUT2D eigenvalue weighted by atomic mass is 10.0. The molecule has 3 heteroatoms. The second-order valence-electron chi connectivity index (χ2n) is 9.86. The number of rotatable bonds is 15. The van der Waals surface area contributed by atoms with Gasteiger partial charge in [0.1, 0.15) is 0 Å². The van der Waals surface area contributed by atoms with Crippen LogP contribution in [0.4, 0.5) is 0 Å². The zero-order valence-corrected chi connectivity index (χ0v) is 21.5. The average molecular weight is 452 g/mol. The van der Waals surface area contributed by atoms with E-state index < -0.39 is 0 Å². The van der Waals surface area contributed by atoms with Crippen LogP contribution in [0, 0.1) is 27.7 Å². The van der Waals surface area contributed by atoms with E-state index in [-0.39, 0.29) is 5.91 Å². The summed E-state index contributed by atoms with van der Waals surface area (Å²) in [5, 5.41) is 8.83. The van der Waals surface area contributed by atoms with Gasteiger partial charge < -0.3 is 10.0 Å². The van der Waals surface area contributed by atoms with Crippen molar-refractivity contribution < 1.29 is 9.90 Å². The highest BCUT2D eigenvalue weighted by Crippen LogP contribution is 2.18. The number of benzene rings is 2. The van der Waals surface area contributed by atoms with E-state index in [1.165, 1.54) is 61.6 Å². The molecule has 2 aromatic rings. The van der Waals surface area contributed by atoms with Crippen molar-refractivity contribution in [1.82, 2.24) is 4.90 Å². The van der Waals surface area contributed by atoms with Crippen LogP contribution in [0.2, 0.25) is 0 Å². The van der Waals surface area contributed by atoms with E-state index in [0.717, 1.165) is 42.5 Å². The molecule has 0 aromatic heterocycles. The zero-order chi connectivity index (χ0) is 24.1. The first-order chi connectivity index (χ1) is 15.9. The van der Waals surface area contributed by atoms with Gasteiger partial charge in [0.15, 0.2) is 0 Å². The van der Waals surface area contributed by atoms with Gasteiger partial charge in [-0.25, -0.2) is 0 Å². The molecule has 0 fully saturated rings. The minimum atomic E-state index is 0.142. The molecule has 182 valence electrons. The minimum Gasteiger partial charge on any atom is -0.396 e. The molecule has 0 bridgehead atoms. The van der Waals surface area contributed by atoms with Crippen molar-refractivity contribution in [2.24, 2.45) is 0 Å². The second-order valence-corrected chi connectivity index (χ2v) is 9.86. The summed E-state index contributed by atoms with van der Waals surface area (Å²) < 4.78 is 0. The van der Waals surface area contributed by atoms with Gasteiger partial charge in [0.2, 0.25) is 0 Å². The van der Waals surface area contributed by atoms with Crippen LogP contribution in [0.25, 0.3) is 0 Å². The summed E-state index contributed by atoms with van der Waals surface area (Å²) >= 11 is 0. The molecule has 0 radical (unpaired) electrons. The molecule has 0 aliphatic rings. The fourth-order valence-corrected chi connectivity index (χ4v) is 4.74. The van der Waals surface area contributed by atoms with E-state index in [4.69, 9.17) is 5.11 Å². The van der Waals surface area contributed by atoms with Crippen molar-refractivity contribution in [2.75, 3.05) is 13.2 Å². The molecular weight excluding hydrogens is 406 g/mol. The monoisotopic (exact) mass is 451 g/mol. The lowest BCUT2D eigenvalue weighted by molar-refractivity contribution is 0.0739. The molecule has 0 saturated carbocycles. The zero-order valence-electron chi connectivity index (χ0n) is 21.5. The Morgan fingerprint density at radius 1 is 0.636 bits per heavy atom. The maximum atomic E-state index is 13.4. The van der Waals surface area contributed by atoms with E-state index in [1.807, 2.05) is 17.0 Å². The Balaban J connectivity index is 1.88. The lowest BCUT2D eigenvalue weighted by Gasteiger charge is -2.24. The van der Waals surface area contributed by atoms with E-state index in [2.05, 4.69) is 52.0 Å². The van der Waals surface area contributed by atoms with Crippen LogP contribution < -0.4 is 0 Å². The van der Waals surface area contributed by atoms with Gasteiger partial charge in [0, 0.05) is 25.3 Å². The summed E-state index contributed by atoms with van der Waals surface area (Å²) in [6.45, 7) is 10.2. The molecule has 0 aliphatic heterocycles. The number of carbonyl (C=O) groups is 1. The average Bonchev–Trinajstić information content (AvgIpc) is 2.74. The summed E-state index contributed by atoms with van der Waals surface area (Å²) in [6.07, 6.45) is 12.0. The Labute approximate surface area is 202 Å². The first-order valence-corrected chi connectivity index (χ1v) is 12.9. The van der Waals surface area contributed by atoms with Crippen LogP contribution in [0.5, 0.6) is 0 Å². The number of aliphatic hydroxyl groups is 1. The molecule has 0 atom stereocenters. The molecule has 33 heavy (non-hydrogen) atoms. The van der Waals surface area contributed by atoms with Crippen LogP contribution in [0.3, 0.4) is 0 Å². The molecule has 0 unspecified atom stereocenters. The Bertz CT molecular complexity index is 818. The summed E-state index contributed by atoms with van der Waals surface area (Å²) in [4.78, 5) is 15.5. The summed E-state index contributed by atoms with van der Waals surface area (Å²) in [5.41, 5.74) is 6.80. The number of hydrogen-bond donors (Lipinski definition) is 1. The van der Waals surface area contributed by atoms with Gasteiger partial charge in [-0.3, -0.25) is 4.79 Å². The Morgan fingerprint density at radius 2 is 1.06 bits per heavy atom. The first kappa shape index (κ1) is 27.1. The minimum absolute atomic E-state index is 0.142. The van der Waals surface area contributed by atoms with Crippen LogP contribution in [0.1, 0.15) is 102 Å². The molecule has 3 nitrogen and oxygen atoms in total. The fraction of sp³-hybridized carbons (Fsp3) is 0.567. The van der Waals surface area contributed by atoms with Gasteiger partial charge in [-0.2, -0.15) is 0 Å². The number of carbonyl (C=O) groups excluding carboxylic acids is 1. The molecule has 1 N–H and O–H groups in total. The number of aryl methyl sites for hydroxylation is 4. The SMILES string of the molecule is Cc1cc(C)cc(CN(CCCCCCCCCCCCO)C(=O)c2cc(C)cc(C)c2)c1. The molecule has 2 rings (SSSR count). The standard InChI is InChI=1S/C30H45NO2/c1-24-17-25(2)20-28(19-24)23-31(30(33)29-21-26(3)18-27(4)22-29)15-13-11-9-7-5-6-8-10-12-14-16-32/h17-22,32H,5-16,23H2,1-4H3. The van der Waals surface area contributed by atoms with Crippen molar-refractivity contribution >= 4 is 5.91 Å². The fourth-order valence-electron chi connectivity index (χ4n) is 4.74. The summed E-state index contributed by atoms with van der Waals surface area (Å²) in [7, 11) is 0. The van der Waals surface area contributed by atoms with Crippen molar-refractivity contribution in [2.45, 2.75) is 98.4 Å². The Kier molecular flexibility index (Phi) is 12.2. The molecular formula is C30H45NO2. The van der Waals surface area contributed by atoms with Gasteiger partial charge in [0.25, 0.3) is 5.91 Å².